The van der Waals surface area contributed by atoms with Gasteiger partial charge in [-0.15, -0.1) is 11.3 Å². The Labute approximate surface area is 98.9 Å². The summed E-state index contributed by atoms with van der Waals surface area (Å²) in [6.45, 7) is 0.361. The Hall–Kier alpha value is -0.940. The van der Waals surface area contributed by atoms with E-state index in [1.807, 2.05) is 0 Å². The van der Waals surface area contributed by atoms with Gasteiger partial charge in [-0.1, -0.05) is 6.07 Å². The summed E-state index contributed by atoms with van der Waals surface area (Å²) in [5.74, 6) is 0.217. The number of halogens is 2. The molecule has 0 aliphatic carbocycles. The monoisotopic (exact) mass is 287 g/mol. The van der Waals surface area contributed by atoms with E-state index in [1.165, 1.54) is 23.5 Å². The molecule has 0 aliphatic heterocycles. The number of aromatic nitrogens is 1. The smallest absolute Gasteiger partial charge is 0.140 e. The molecular weight excluding hydrogens is 281 g/mol. The Bertz CT molecular complexity index is 460. The molecule has 15 heavy (non-hydrogen) atoms. The lowest BCUT2D eigenvalue weighted by Crippen LogP contribution is -1.94. The van der Waals surface area contributed by atoms with Gasteiger partial charge in [0.05, 0.1) is 9.98 Å². The standard InChI is InChI=1S/C10H7BrFNOS/c11-9-5-13-10(15-9)6-14-8-3-1-2-7(12)4-8/h1-5H,6H2. The molecule has 0 atom stereocenters. The molecule has 1 aromatic heterocycles. The lowest BCUT2D eigenvalue weighted by Gasteiger charge is -2.02. The van der Waals surface area contributed by atoms with Gasteiger partial charge in [0.2, 0.25) is 0 Å². The van der Waals surface area contributed by atoms with Crippen LogP contribution in [0, 0.1) is 5.82 Å². The largest absolute Gasteiger partial charge is 0.486 e. The van der Waals surface area contributed by atoms with Gasteiger partial charge in [0, 0.05) is 6.07 Å². The molecule has 0 radical (unpaired) electrons. The predicted octanol–water partition coefficient (Wildman–Crippen LogP) is 3.62. The predicted molar refractivity (Wildman–Crippen MR) is 60.5 cm³/mol. The van der Waals surface area contributed by atoms with Gasteiger partial charge in [-0.05, 0) is 28.1 Å². The van der Waals surface area contributed by atoms with E-state index in [9.17, 15) is 4.39 Å². The van der Waals surface area contributed by atoms with Crippen molar-refractivity contribution in [1.82, 2.24) is 4.98 Å². The zero-order valence-corrected chi connectivity index (χ0v) is 10.0. The molecule has 0 fully saturated rings. The van der Waals surface area contributed by atoms with Crippen LogP contribution in [0.5, 0.6) is 5.75 Å². The summed E-state index contributed by atoms with van der Waals surface area (Å²) in [5, 5.41) is 0.853. The third-order valence-electron chi connectivity index (χ3n) is 1.68. The molecule has 1 heterocycles. The summed E-state index contributed by atoms with van der Waals surface area (Å²) in [4.78, 5) is 4.11. The van der Waals surface area contributed by atoms with Crippen LogP contribution in [0.25, 0.3) is 0 Å². The highest BCUT2D eigenvalue weighted by molar-refractivity contribution is 9.11. The molecule has 0 amide bonds. The summed E-state index contributed by atoms with van der Waals surface area (Å²) in [6.07, 6.45) is 1.72. The maximum Gasteiger partial charge on any atom is 0.140 e. The number of ether oxygens (including phenoxy) is 1. The molecule has 0 saturated heterocycles. The van der Waals surface area contributed by atoms with Crippen molar-refractivity contribution in [2.24, 2.45) is 0 Å². The third kappa shape index (κ3) is 3.00. The number of thiazole rings is 1. The van der Waals surface area contributed by atoms with Crippen molar-refractivity contribution >= 4 is 27.3 Å². The fourth-order valence-electron chi connectivity index (χ4n) is 1.06. The maximum absolute atomic E-state index is 12.8. The van der Waals surface area contributed by atoms with Gasteiger partial charge < -0.3 is 4.74 Å². The van der Waals surface area contributed by atoms with Crippen molar-refractivity contribution in [1.29, 1.82) is 0 Å². The van der Waals surface area contributed by atoms with Crippen molar-refractivity contribution in [3.05, 3.63) is 45.1 Å². The van der Waals surface area contributed by atoms with Crippen LogP contribution in [0.2, 0.25) is 0 Å². The zero-order chi connectivity index (χ0) is 10.7. The topological polar surface area (TPSA) is 22.1 Å². The molecule has 1 aromatic carbocycles. The van der Waals surface area contributed by atoms with E-state index in [0.29, 0.717) is 12.4 Å². The summed E-state index contributed by atoms with van der Waals surface area (Å²) in [7, 11) is 0. The Balaban J connectivity index is 1.99. The van der Waals surface area contributed by atoms with Crippen LogP contribution < -0.4 is 4.74 Å². The molecule has 2 nitrogen and oxygen atoms in total. The molecule has 0 unspecified atom stereocenters. The quantitative estimate of drug-likeness (QED) is 0.860. The number of hydrogen-bond donors (Lipinski definition) is 0. The van der Waals surface area contributed by atoms with E-state index >= 15 is 0 Å². The fraction of sp³-hybridized carbons (Fsp3) is 0.100. The summed E-state index contributed by atoms with van der Waals surface area (Å²) in [5.41, 5.74) is 0. The van der Waals surface area contributed by atoms with E-state index in [2.05, 4.69) is 20.9 Å². The van der Waals surface area contributed by atoms with Crippen molar-refractivity contribution in [3.8, 4) is 5.75 Å². The first kappa shape index (κ1) is 10.6. The zero-order valence-electron chi connectivity index (χ0n) is 7.61. The second kappa shape index (κ2) is 4.72. The average Bonchev–Trinajstić information content (AvgIpc) is 2.62. The molecule has 0 saturated carbocycles. The summed E-state index contributed by atoms with van der Waals surface area (Å²) >= 11 is 4.81. The van der Waals surface area contributed by atoms with Crippen LogP contribution in [-0.2, 0) is 6.61 Å². The first-order valence-electron chi connectivity index (χ1n) is 4.22. The second-order valence-corrected chi connectivity index (χ2v) is 5.30. The number of hydrogen-bond acceptors (Lipinski definition) is 3. The lowest BCUT2D eigenvalue weighted by molar-refractivity contribution is 0.304. The lowest BCUT2D eigenvalue weighted by atomic mass is 10.3. The second-order valence-electron chi connectivity index (χ2n) is 2.80. The Morgan fingerprint density at radius 2 is 2.33 bits per heavy atom. The molecule has 0 bridgehead atoms. The van der Waals surface area contributed by atoms with Gasteiger partial charge in [-0.25, -0.2) is 9.37 Å². The maximum atomic E-state index is 12.8. The van der Waals surface area contributed by atoms with Crippen LogP contribution in [0.15, 0.2) is 34.2 Å². The minimum Gasteiger partial charge on any atom is -0.486 e. The minimum atomic E-state index is -0.298. The van der Waals surface area contributed by atoms with Crippen molar-refractivity contribution in [3.63, 3.8) is 0 Å². The van der Waals surface area contributed by atoms with Crippen molar-refractivity contribution in [2.75, 3.05) is 0 Å². The fourth-order valence-corrected chi connectivity index (χ4v) is 2.27. The highest BCUT2D eigenvalue weighted by Crippen LogP contribution is 2.21. The van der Waals surface area contributed by atoms with Gasteiger partial charge in [0.15, 0.2) is 0 Å². The van der Waals surface area contributed by atoms with E-state index < -0.39 is 0 Å². The molecule has 0 N–H and O–H groups in total. The molecule has 78 valence electrons. The number of nitrogens with zero attached hydrogens (tertiary/aromatic N) is 1. The van der Waals surface area contributed by atoms with E-state index in [4.69, 9.17) is 4.74 Å². The van der Waals surface area contributed by atoms with Crippen LogP contribution in [0.4, 0.5) is 4.39 Å². The summed E-state index contributed by atoms with van der Waals surface area (Å²) < 4.78 is 19.1. The van der Waals surface area contributed by atoms with Gasteiger partial charge in [-0.3, -0.25) is 0 Å². The van der Waals surface area contributed by atoms with Crippen LogP contribution in [0.3, 0.4) is 0 Å². The highest BCUT2D eigenvalue weighted by Gasteiger charge is 2.01. The average molecular weight is 288 g/mol. The van der Waals surface area contributed by atoms with E-state index in [-0.39, 0.29) is 5.82 Å². The summed E-state index contributed by atoms with van der Waals surface area (Å²) in [6, 6.07) is 6.06. The minimum absolute atomic E-state index is 0.298. The number of benzene rings is 1. The molecular formula is C10H7BrFNOS. The first-order chi connectivity index (χ1) is 7.24. The van der Waals surface area contributed by atoms with Crippen LogP contribution >= 0.6 is 27.3 Å². The van der Waals surface area contributed by atoms with Gasteiger partial charge in [0.1, 0.15) is 23.2 Å². The normalized spacial score (nSPS) is 10.3. The van der Waals surface area contributed by atoms with Crippen LogP contribution in [0.1, 0.15) is 5.01 Å². The van der Waals surface area contributed by atoms with E-state index in [0.717, 1.165) is 8.79 Å². The SMILES string of the molecule is Fc1cccc(OCc2ncc(Br)s2)c1. The van der Waals surface area contributed by atoms with Crippen LogP contribution in [-0.4, -0.2) is 4.98 Å². The first-order valence-corrected chi connectivity index (χ1v) is 5.83. The van der Waals surface area contributed by atoms with Gasteiger partial charge in [0.25, 0.3) is 0 Å². The van der Waals surface area contributed by atoms with E-state index in [1.54, 1.807) is 18.3 Å². The molecule has 5 heteroatoms. The number of rotatable bonds is 3. The Morgan fingerprint density at radius 1 is 1.47 bits per heavy atom. The molecule has 2 aromatic rings. The Kier molecular flexibility index (Phi) is 3.33. The molecule has 2 rings (SSSR count). The highest BCUT2D eigenvalue weighted by atomic mass is 79.9. The van der Waals surface area contributed by atoms with Gasteiger partial charge in [-0.2, -0.15) is 0 Å². The van der Waals surface area contributed by atoms with Gasteiger partial charge >= 0.3 is 0 Å². The van der Waals surface area contributed by atoms with Crippen molar-refractivity contribution < 1.29 is 9.13 Å². The molecule has 0 spiro atoms. The van der Waals surface area contributed by atoms with Crippen molar-refractivity contribution in [2.45, 2.75) is 6.61 Å². The third-order valence-corrected chi connectivity index (χ3v) is 3.13. The Morgan fingerprint density at radius 3 is 3.00 bits per heavy atom. The molecule has 0 aliphatic rings.